The van der Waals surface area contributed by atoms with Gasteiger partial charge >= 0.3 is 0 Å². The second kappa shape index (κ2) is 4.05. The first kappa shape index (κ1) is 11.1. The third-order valence-corrected chi connectivity index (χ3v) is 3.42. The highest BCUT2D eigenvalue weighted by Crippen LogP contribution is 2.45. The molecule has 0 spiro atoms. The number of hydrogen-bond donors (Lipinski definition) is 0. The zero-order valence-electron chi connectivity index (χ0n) is 10.2. The number of Topliss-reactive ketones (excluding diaryl/α,β-unsaturated/α-hetero) is 1. The zero-order chi connectivity index (χ0) is 12.6. The molecule has 2 aromatic rings. The van der Waals surface area contributed by atoms with Crippen LogP contribution in [-0.4, -0.2) is 15.9 Å². The van der Waals surface area contributed by atoms with Gasteiger partial charge in [-0.3, -0.25) is 4.79 Å². The van der Waals surface area contributed by atoms with Gasteiger partial charge in [-0.25, -0.2) is 0 Å². The van der Waals surface area contributed by atoms with Crippen molar-refractivity contribution in [3.05, 3.63) is 47.6 Å². The minimum atomic E-state index is 0.00625. The minimum absolute atomic E-state index is 0.00625. The second-order valence-corrected chi connectivity index (χ2v) is 5.04. The van der Waals surface area contributed by atoms with Crippen molar-refractivity contribution in [1.29, 1.82) is 0 Å². The van der Waals surface area contributed by atoms with Gasteiger partial charge in [0.25, 0.3) is 0 Å². The van der Waals surface area contributed by atoms with Crippen LogP contribution in [0.3, 0.4) is 0 Å². The molecule has 1 aliphatic rings. The average Bonchev–Trinajstić information content (AvgIpc) is 2.97. The summed E-state index contributed by atoms with van der Waals surface area (Å²) in [6.07, 6.45) is 2.37. The quantitative estimate of drug-likeness (QED) is 0.773. The summed E-state index contributed by atoms with van der Waals surface area (Å²) >= 11 is 0. The fraction of sp³-hybridized carbons (Fsp3) is 0.357. The molecule has 1 aromatic heterocycles. The smallest absolute Gasteiger partial charge is 0.234 e. The van der Waals surface area contributed by atoms with Crippen LogP contribution in [0.25, 0.3) is 0 Å². The van der Waals surface area contributed by atoms with Crippen LogP contribution in [-0.2, 0) is 11.8 Å². The van der Waals surface area contributed by atoms with Gasteiger partial charge < -0.3 is 4.52 Å². The lowest BCUT2D eigenvalue weighted by Gasteiger charge is -1.98. The van der Waals surface area contributed by atoms with E-state index in [-0.39, 0.29) is 17.6 Å². The Morgan fingerprint density at radius 1 is 1.33 bits per heavy atom. The number of hydrogen-bond acceptors (Lipinski definition) is 4. The Hall–Kier alpha value is -1.97. The normalized spacial score (nSPS) is 16.5. The van der Waals surface area contributed by atoms with Gasteiger partial charge in [-0.05, 0) is 12.8 Å². The molecule has 0 radical (unpaired) electrons. The summed E-state index contributed by atoms with van der Waals surface area (Å²) in [4.78, 5) is 16.3. The molecule has 1 aliphatic carbocycles. The van der Waals surface area contributed by atoms with Crippen molar-refractivity contribution in [3.63, 3.8) is 0 Å². The lowest BCUT2D eigenvalue weighted by Crippen LogP contribution is -2.05. The van der Waals surface area contributed by atoms with E-state index in [0.29, 0.717) is 11.5 Å². The molecule has 0 unspecified atom stereocenters. The first-order valence-electron chi connectivity index (χ1n) is 6.09. The standard InChI is InChI=1S/C14H14N2O2/c1-14(7-8-14)13-15-12(18-16-13)9-11(17)10-5-3-2-4-6-10/h2-6H,7-9H2,1H3. The summed E-state index contributed by atoms with van der Waals surface area (Å²) in [5, 5.41) is 3.96. The van der Waals surface area contributed by atoms with Crippen LogP contribution in [0.2, 0.25) is 0 Å². The van der Waals surface area contributed by atoms with E-state index in [9.17, 15) is 4.79 Å². The van der Waals surface area contributed by atoms with E-state index in [1.807, 2.05) is 18.2 Å². The Morgan fingerprint density at radius 2 is 2.06 bits per heavy atom. The van der Waals surface area contributed by atoms with E-state index in [1.165, 1.54) is 0 Å². The monoisotopic (exact) mass is 242 g/mol. The van der Waals surface area contributed by atoms with E-state index in [2.05, 4.69) is 17.1 Å². The van der Waals surface area contributed by atoms with Crippen molar-refractivity contribution in [2.45, 2.75) is 31.6 Å². The molecule has 18 heavy (non-hydrogen) atoms. The third-order valence-electron chi connectivity index (χ3n) is 3.42. The van der Waals surface area contributed by atoms with Crippen molar-refractivity contribution in [2.24, 2.45) is 0 Å². The molecular weight excluding hydrogens is 228 g/mol. The highest BCUT2D eigenvalue weighted by Gasteiger charge is 2.43. The van der Waals surface area contributed by atoms with Crippen LogP contribution in [0.5, 0.6) is 0 Å². The molecule has 0 amide bonds. The largest absolute Gasteiger partial charge is 0.339 e. The predicted octanol–water partition coefficient (Wildman–Crippen LogP) is 2.55. The van der Waals surface area contributed by atoms with E-state index < -0.39 is 0 Å². The Labute approximate surface area is 105 Å². The minimum Gasteiger partial charge on any atom is -0.339 e. The molecule has 4 nitrogen and oxygen atoms in total. The molecule has 0 bridgehead atoms. The molecule has 1 aromatic carbocycles. The molecule has 1 fully saturated rings. The summed E-state index contributed by atoms with van der Waals surface area (Å²) < 4.78 is 5.14. The highest BCUT2D eigenvalue weighted by molar-refractivity contribution is 5.96. The number of ketones is 1. The number of benzene rings is 1. The number of rotatable bonds is 4. The maximum atomic E-state index is 12.0. The first-order chi connectivity index (χ1) is 8.67. The summed E-state index contributed by atoms with van der Waals surface area (Å²) in [6, 6.07) is 9.16. The molecule has 1 heterocycles. The van der Waals surface area contributed by atoms with Crippen LogP contribution in [0.1, 0.15) is 41.8 Å². The van der Waals surface area contributed by atoms with Crippen molar-refractivity contribution in [1.82, 2.24) is 10.1 Å². The highest BCUT2D eigenvalue weighted by atomic mass is 16.5. The van der Waals surface area contributed by atoms with Gasteiger partial charge in [-0.1, -0.05) is 42.4 Å². The number of aromatic nitrogens is 2. The predicted molar refractivity (Wildman–Crippen MR) is 65.4 cm³/mol. The fourth-order valence-electron chi connectivity index (χ4n) is 1.85. The van der Waals surface area contributed by atoms with Crippen LogP contribution >= 0.6 is 0 Å². The van der Waals surface area contributed by atoms with Crippen molar-refractivity contribution in [3.8, 4) is 0 Å². The lowest BCUT2D eigenvalue weighted by molar-refractivity contribution is 0.0983. The van der Waals surface area contributed by atoms with Gasteiger partial charge in [0, 0.05) is 11.0 Å². The number of nitrogens with zero attached hydrogens (tertiary/aromatic N) is 2. The summed E-state index contributed by atoms with van der Waals surface area (Å²) in [5.41, 5.74) is 0.757. The van der Waals surface area contributed by atoms with Crippen LogP contribution < -0.4 is 0 Å². The van der Waals surface area contributed by atoms with Crippen molar-refractivity contribution in [2.75, 3.05) is 0 Å². The van der Waals surface area contributed by atoms with Gasteiger partial charge in [-0.15, -0.1) is 0 Å². The van der Waals surface area contributed by atoms with E-state index in [1.54, 1.807) is 12.1 Å². The summed E-state index contributed by atoms with van der Waals surface area (Å²) in [7, 11) is 0. The van der Waals surface area contributed by atoms with Gasteiger partial charge in [0.05, 0.1) is 6.42 Å². The van der Waals surface area contributed by atoms with E-state index in [0.717, 1.165) is 18.7 Å². The number of carbonyl (C=O) groups excluding carboxylic acids is 1. The van der Waals surface area contributed by atoms with Crippen LogP contribution in [0, 0.1) is 0 Å². The third kappa shape index (κ3) is 2.06. The first-order valence-corrected chi connectivity index (χ1v) is 6.09. The molecule has 0 saturated heterocycles. The van der Waals surface area contributed by atoms with E-state index in [4.69, 9.17) is 4.52 Å². The lowest BCUT2D eigenvalue weighted by atomic mass is 10.1. The molecular formula is C14H14N2O2. The van der Waals surface area contributed by atoms with Crippen LogP contribution in [0.15, 0.2) is 34.9 Å². The van der Waals surface area contributed by atoms with Crippen LogP contribution in [0.4, 0.5) is 0 Å². The van der Waals surface area contributed by atoms with Gasteiger partial charge in [0.2, 0.25) is 5.89 Å². The Kier molecular flexibility index (Phi) is 2.51. The Morgan fingerprint density at radius 3 is 2.72 bits per heavy atom. The zero-order valence-corrected chi connectivity index (χ0v) is 10.2. The summed E-state index contributed by atoms with van der Waals surface area (Å²) in [5.74, 6) is 1.15. The number of carbonyl (C=O) groups is 1. The molecule has 0 atom stereocenters. The Bertz CT molecular complexity index is 570. The molecule has 1 saturated carbocycles. The van der Waals surface area contributed by atoms with Gasteiger partial charge in [0.15, 0.2) is 11.6 Å². The molecule has 3 rings (SSSR count). The van der Waals surface area contributed by atoms with Crippen molar-refractivity contribution >= 4 is 5.78 Å². The molecule has 4 heteroatoms. The maximum Gasteiger partial charge on any atom is 0.234 e. The van der Waals surface area contributed by atoms with E-state index >= 15 is 0 Å². The summed E-state index contributed by atoms with van der Waals surface area (Å²) in [6.45, 7) is 2.11. The molecule has 0 N–H and O–H groups in total. The Balaban J connectivity index is 1.73. The topological polar surface area (TPSA) is 56.0 Å². The molecule has 0 aliphatic heterocycles. The molecule has 92 valence electrons. The second-order valence-electron chi connectivity index (χ2n) is 5.04. The van der Waals surface area contributed by atoms with Gasteiger partial charge in [0.1, 0.15) is 0 Å². The van der Waals surface area contributed by atoms with Crippen molar-refractivity contribution < 1.29 is 9.32 Å². The van der Waals surface area contributed by atoms with Gasteiger partial charge in [-0.2, -0.15) is 4.98 Å². The average molecular weight is 242 g/mol. The maximum absolute atomic E-state index is 12.0. The SMILES string of the molecule is CC1(c2noc(CC(=O)c3ccccc3)n2)CC1. The fourth-order valence-corrected chi connectivity index (χ4v) is 1.85.